The number of carbonyl (C=O) groups is 1. The highest BCUT2D eigenvalue weighted by Crippen LogP contribution is 2.41. The van der Waals surface area contributed by atoms with Crippen molar-refractivity contribution >= 4 is 5.97 Å². The molecule has 2 aliphatic rings. The summed E-state index contributed by atoms with van der Waals surface area (Å²) < 4.78 is 5.38. The number of ether oxygens (including phenoxy) is 1. The maximum atomic E-state index is 11.7. The van der Waals surface area contributed by atoms with Crippen molar-refractivity contribution in [2.24, 2.45) is 5.92 Å². The number of esters is 1. The molecule has 0 aromatic carbocycles. The van der Waals surface area contributed by atoms with Crippen LogP contribution in [-0.2, 0) is 9.53 Å². The molecule has 2 unspecified atom stereocenters. The molecule has 0 aromatic rings. The van der Waals surface area contributed by atoms with E-state index in [0.717, 1.165) is 25.8 Å². The van der Waals surface area contributed by atoms with Gasteiger partial charge in [-0.3, -0.25) is 4.79 Å². The van der Waals surface area contributed by atoms with E-state index in [-0.39, 0.29) is 17.5 Å². The Labute approximate surface area is 85.2 Å². The Hall–Kier alpha value is -0.570. The van der Waals surface area contributed by atoms with Gasteiger partial charge in [0.2, 0.25) is 0 Å². The van der Waals surface area contributed by atoms with Crippen LogP contribution in [0.15, 0.2) is 0 Å². The van der Waals surface area contributed by atoms with E-state index < -0.39 is 0 Å². The molecule has 1 saturated carbocycles. The van der Waals surface area contributed by atoms with Crippen molar-refractivity contribution in [3.05, 3.63) is 0 Å². The molecule has 1 heterocycles. The predicted molar refractivity (Wildman–Crippen MR) is 53.9 cm³/mol. The van der Waals surface area contributed by atoms with E-state index >= 15 is 0 Å². The second kappa shape index (κ2) is 2.96. The molecule has 80 valence electrons. The number of hydrogen-bond donors (Lipinski definition) is 1. The molecular weight excluding hydrogens is 178 g/mol. The lowest BCUT2D eigenvalue weighted by atomic mass is 10.1. The highest BCUT2D eigenvalue weighted by molar-refractivity contribution is 5.73. The molecule has 1 N–H and O–H groups in total. The van der Waals surface area contributed by atoms with Crippen LogP contribution in [0.1, 0.15) is 40.0 Å². The van der Waals surface area contributed by atoms with E-state index in [9.17, 15) is 4.79 Å². The largest absolute Gasteiger partial charge is 0.460 e. The summed E-state index contributed by atoms with van der Waals surface area (Å²) in [6.07, 6.45) is 3.10. The van der Waals surface area contributed by atoms with E-state index in [4.69, 9.17) is 4.74 Å². The molecule has 1 aliphatic carbocycles. The molecule has 0 aromatic heterocycles. The van der Waals surface area contributed by atoms with E-state index in [1.165, 1.54) is 0 Å². The molecule has 2 fully saturated rings. The van der Waals surface area contributed by atoms with Crippen LogP contribution >= 0.6 is 0 Å². The van der Waals surface area contributed by atoms with Crippen molar-refractivity contribution in [3.8, 4) is 0 Å². The molecule has 14 heavy (non-hydrogen) atoms. The molecule has 2 rings (SSSR count). The van der Waals surface area contributed by atoms with Gasteiger partial charge in [-0.2, -0.15) is 0 Å². The Morgan fingerprint density at radius 3 is 2.57 bits per heavy atom. The fourth-order valence-electron chi connectivity index (χ4n) is 2.16. The van der Waals surface area contributed by atoms with Gasteiger partial charge in [-0.05, 0) is 40.0 Å². The van der Waals surface area contributed by atoms with Gasteiger partial charge in [-0.15, -0.1) is 0 Å². The zero-order valence-electron chi connectivity index (χ0n) is 9.22. The average molecular weight is 197 g/mol. The Kier molecular flexibility index (Phi) is 2.11. The van der Waals surface area contributed by atoms with Crippen LogP contribution in [0, 0.1) is 5.92 Å². The smallest absolute Gasteiger partial charge is 0.309 e. The van der Waals surface area contributed by atoms with Gasteiger partial charge >= 0.3 is 5.97 Å². The summed E-state index contributed by atoms with van der Waals surface area (Å²) in [6.45, 7) is 6.85. The topological polar surface area (TPSA) is 48.2 Å². The van der Waals surface area contributed by atoms with Crippen LogP contribution in [0.25, 0.3) is 0 Å². The SMILES string of the molecule is CC(C)(C)OC(=O)C1CCC2(CN2)C1. The summed E-state index contributed by atoms with van der Waals surface area (Å²) in [7, 11) is 0. The number of rotatable bonds is 1. The number of carbonyl (C=O) groups excluding carboxylic acids is 1. The second-order valence-corrected chi connectivity index (χ2v) is 5.61. The van der Waals surface area contributed by atoms with Crippen LogP contribution < -0.4 is 5.32 Å². The Bertz CT molecular complexity index is 251. The summed E-state index contributed by atoms with van der Waals surface area (Å²) in [5.74, 6) is 0.118. The summed E-state index contributed by atoms with van der Waals surface area (Å²) in [6, 6.07) is 0. The first kappa shape index (κ1) is 9.97. The van der Waals surface area contributed by atoms with Crippen molar-refractivity contribution < 1.29 is 9.53 Å². The number of nitrogens with one attached hydrogen (secondary N) is 1. The maximum Gasteiger partial charge on any atom is 0.309 e. The summed E-state index contributed by atoms with van der Waals surface area (Å²) in [5.41, 5.74) is -0.0224. The molecule has 2 atom stereocenters. The van der Waals surface area contributed by atoms with Crippen LogP contribution in [0.3, 0.4) is 0 Å². The number of hydrogen-bond acceptors (Lipinski definition) is 3. The molecule has 0 radical (unpaired) electrons. The molecule has 1 spiro atoms. The molecule has 0 amide bonds. The Morgan fingerprint density at radius 1 is 1.50 bits per heavy atom. The van der Waals surface area contributed by atoms with Crippen molar-refractivity contribution in [2.45, 2.75) is 51.2 Å². The van der Waals surface area contributed by atoms with Crippen molar-refractivity contribution in [2.75, 3.05) is 6.54 Å². The van der Waals surface area contributed by atoms with Crippen molar-refractivity contribution in [1.29, 1.82) is 0 Å². The molecule has 0 bridgehead atoms. The van der Waals surface area contributed by atoms with Crippen LogP contribution in [0.2, 0.25) is 0 Å². The molecular formula is C11H19NO2. The first-order valence-electron chi connectivity index (χ1n) is 5.38. The van der Waals surface area contributed by atoms with Crippen LogP contribution in [-0.4, -0.2) is 23.7 Å². The zero-order valence-corrected chi connectivity index (χ0v) is 9.22. The minimum absolute atomic E-state index is 0.0110. The third kappa shape index (κ3) is 2.08. The lowest BCUT2D eigenvalue weighted by Gasteiger charge is -2.21. The van der Waals surface area contributed by atoms with Gasteiger partial charge in [0.1, 0.15) is 5.60 Å². The standard InChI is InChI=1S/C11H19NO2/c1-10(2,3)14-9(13)8-4-5-11(6-8)7-12-11/h8,12H,4-7H2,1-3H3. The first-order chi connectivity index (χ1) is 6.40. The van der Waals surface area contributed by atoms with Gasteiger partial charge in [0.05, 0.1) is 5.92 Å². The van der Waals surface area contributed by atoms with Gasteiger partial charge in [0.25, 0.3) is 0 Å². The van der Waals surface area contributed by atoms with Gasteiger partial charge < -0.3 is 10.1 Å². The third-order valence-corrected chi connectivity index (χ3v) is 3.03. The van der Waals surface area contributed by atoms with E-state index in [1.807, 2.05) is 20.8 Å². The predicted octanol–water partition coefficient (Wildman–Crippen LogP) is 1.47. The quantitative estimate of drug-likeness (QED) is 0.511. The van der Waals surface area contributed by atoms with Crippen LogP contribution in [0.5, 0.6) is 0 Å². The molecule has 1 saturated heterocycles. The lowest BCUT2D eigenvalue weighted by Crippen LogP contribution is -2.28. The van der Waals surface area contributed by atoms with E-state index in [1.54, 1.807) is 0 Å². The van der Waals surface area contributed by atoms with Gasteiger partial charge in [-0.25, -0.2) is 0 Å². The second-order valence-electron chi connectivity index (χ2n) is 5.61. The van der Waals surface area contributed by atoms with E-state index in [2.05, 4.69) is 5.32 Å². The lowest BCUT2D eigenvalue weighted by molar-refractivity contribution is -0.159. The minimum atomic E-state index is -0.343. The normalized spacial score (nSPS) is 36.1. The fraction of sp³-hybridized carbons (Fsp3) is 0.909. The van der Waals surface area contributed by atoms with Crippen molar-refractivity contribution in [1.82, 2.24) is 5.32 Å². The minimum Gasteiger partial charge on any atom is -0.460 e. The average Bonchev–Trinajstić information content (AvgIpc) is 2.57. The summed E-state index contributed by atoms with van der Waals surface area (Å²) in [4.78, 5) is 11.7. The Morgan fingerprint density at radius 2 is 2.14 bits per heavy atom. The highest BCUT2D eigenvalue weighted by Gasteiger charge is 2.50. The van der Waals surface area contributed by atoms with Crippen LogP contribution in [0.4, 0.5) is 0 Å². The summed E-state index contributed by atoms with van der Waals surface area (Å²) >= 11 is 0. The highest BCUT2D eigenvalue weighted by atomic mass is 16.6. The monoisotopic (exact) mass is 197 g/mol. The fourth-order valence-corrected chi connectivity index (χ4v) is 2.16. The van der Waals surface area contributed by atoms with Crippen molar-refractivity contribution in [3.63, 3.8) is 0 Å². The van der Waals surface area contributed by atoms with Gasteiger partial charge in [-0.1, -0.05) is 0 Å². The molecule has 3 nitrogen and oxygen atoms in total. The van der Waals surface area contributed by atoms with Gasteiger partial charge in [0.15, 0.2) is 0 Å². The third-order valence-electron chi connectivity index (χ3n) is 3.03. The van der Waals surface area contributed by atoms with E-state index in [0.29, 0.717) is 5.54 Å². The maximum absolute atomic E-state index is 11.7. The first-order valence-corrected chi connectivity index (χ1v) is 5.38. The van der Waals surface area contributed by atoms with Gasteiger partial charge in [0, 0.05) is 12.1 Å². The summed E-state index contributed by atoms with van der Waals surface area (Å²) in [5, 5.41) is 3.35. The molecule has 3 heteroatoms. The zero-order chi connectivity index (χ0) is 10.4. The Balaban J connectivity index is 1.87. The molecule has 1 aliphatic heterocycles.